The SMILES string of the molecule is O=C(O)CCc1ccc(CO)c(CO)c1. The molecule has 4 heteroatoms. The number of rotatable bonds is 5. The third-order valence-electron chi connectivity index (χ3n) is 2.24. The minimum atomic E-state index is -0.841. The molecule has 0 fully saturated rings. The second-order valence-electron chi connectivity index (χ2n) is 3.31. The summed E-state index contributed by atoms with van der Waals surface area (Å²) in [6.07, 6.45) is 0.511. The summed E-state index contributed by atoms with van der Waals surface area (Å²) in [5, 5.41) is 26.5. The van der Waals surface area contributed by atoms with E-state index in [2.05, 4.69) is 0 Å². The molecule has 0 bridgehead atoms. The molecule has 82 valence electrons. The van der Waals surface area contributed by atoms with Crippen LogP contribution >= 0.6 is 0 Å². The van der Waals surface area contributed by atoms with E-state index in [1.807, 2.05) is 0 Å². The summed E-state index contributed by atoms with van der Waals surface area (Å²) in [7, 11) is 0. The smallest absolute Gasteiger partial charge is 0.303 e. The first kappa shape index (κ1) is 11.7. The van der Waals surface area contributed by atoms with Crippen molar-refractivity contribution in [3.05, 3.63) is 34.9 Å². The maximum Gasteiger partial charge on any atom is 0.303 e. The van der Waals surface area contributed by atoms with E-state index >= 15 is 0 Å². The lowest BCUT2D eigenvalue weighted by Crippen LogP contribution is -2.00. The largest absolute Gasteiger partial charge is 0.481 e. The van der Waals surface area contributed by atoms with Crippen molar-refractivity contribution in [3.8, 4) is 0 Å². The second kappa shape index (κ2) is 5.48. The monoisotopic (exact) mass is 210 g/mol. The van der Waals surface area contributed by atoms with Crippen LogP contribution in [0.4, 0.5) is 0 Å². The third kappa shape index (κ3) is 3.34. The number of carboxylic acid groups (broad SMARTS) is 1. The minimum Gasteiger partial charge on any atom is -0.481 e. The van der Waals surface area contributed by atoms with Gasteiger partial charge in [0.1, 0.15) is 0 Å². The van der Waals surface area contributed by atoms with Gasteiger partial charge in [-0.25, -0.2) is 0 Å². The van der Waals surface area contributed by atoms with Crippen molar-refractivity contribution < 1.29 is 20.1 Å². The summed E-state index contributed by atoms with van der Waals surface area (Å²) in [6, 6.07) is 5.21. The fourth-order valence-electron chi connectivity index (χ4n) is 1.39. The molecule has 0 aliphatic rings. The zero-order valence-electron chi connectivity index (χ0n) is 8.31. The van der Waals surface area contributed by atoms with E-state index < -0.39 is 5.97 Å². The highest BCUT2D eigenvalue weighted by molar-refractivity contribution is 5.67. The Morgan fingerprint density at radius 3 is 2.33 bits per heavy atom. The quantitative estimate of drug-likeness (QED) is 0.668. The van der Waals surface area contributed by atoms with Crippen molar-refractivity contribution in [2.24, 2.45) is 0 Å². The molecule has 0 unspecified atom stereocenters. The first-order valence-electron chi connectivity index (χ1n) is 4.71. The van der Waals surface area contributed by atoms with Gasteiger partial charge in [0.05, 0.1) is 13.2 Å². The maximum atomic E-state index is 10.4. The van der Waals surface area contributed by atoms with Crippen LogP contribution in [0.2, 0.25) is 0 Å². The minimum absolute atomic E-state index is 0.0728. The molecular formula is C11H14O4. The number of carbonyl (C=O) groups is 1. The topological polar surface area (TPSA) is 77.8 Å². The zero-order valence-corrected chi connectivity index (χ0v) is 8.31. The van der Waals surface area contributed by atoms with Crippen LogP contribution in [0.1, 0.15) is 23.1 Å². The van der Waals surface area contributed by atoms with Crippen LogP contribution in [0.25, 0.3) is 0 Å². The van der Waals surface area contributed by atoms with Crippen LogP contribution in [-0.2, 0) is 24.4 Å². The van der Waals surface area contributed by atoms with Crippen molar-refractivity contribution in [3.63, 3.8) is 0 Å². The number of hydrogen-bond acceptors (Lipinski definition) is 3. The first-order chi connectivity index (χ1) is 7.17. The fraction of sp³-hybridized carbons (Fsp3) is 0.364. The number of aliphatic hydroxyl groups excluding tert-OH is 2. The maximum absolute atomic E-state index is 10.4. The van der Waals surface area contributed by atoms with Gasteiger partial charge in [0.2, 0.25) is 0 Å². The van der Waals surface area contributed by atoms with Gasteiger partial charge in [0, 0.05) is 6.42 Å². The summed E-state index contributed by atoms with van der Waals surface area (Å²) in [5.41, 5.74) is 2.19. The fourth-order valence-corrected chi connectivity index (χ4v) is 1.39. The Hall–Kier alpha value is -1.39. The van der Waals surface area contributed by atoms with Crippen molar-refractivity contribution in [2.75, 3.05) is 0 Å². The van der Waals surface area contributed by atoms with Crippen molar-refractivity contribution in [1.82, 2.24) is 0 Å². The number of aryl methyl sites for hydroxylation is 1. The predicted octanol–water partition coefficient (Wildman–Crippen LogP) is 0.688. The number of carboxylic acids is 1. The molecule has 0 heterocycles. The number of aliphatic hydroxyl groups is 2. The molecule has 0 aromatic heterocycles. The molecule has 3 N–H and O–H groups in total. The zero-order chi connectivity index (χ0) is 11.3. The molecule has 4 nitrogen and oxygen atoms in total. The Labute approximate surface area is 87.8 Å². The number of hydrogen-bond donors (Lipinski definition) is 3. The van der Waals surface area contributed by atoms with Gasteiger partial charge >= 0.3 is 5.97 Å². The molecule has 0 aliphatic carbocycles. The Bertz CT molecular complexity index is 346. The van der Waals surface area contributed by atoms with E-state index in [1.165, 1.54) is 0 Å². The van der Waals surface area contributed by atoms with E-state index in [9.17, 15) is 4.79 Å². The van der Waals surface area contributed by atoms with E-state index in [0.29, 0.717) is 17.5 Å². The van der Waals surface area contributed by atoms with Gasteiger partial charge in [-0.2, -0.15) is 0 Å². The van der Waals surface area contributed by atoms with Gasteiger partial charge in [-0.1, -0.05) is 18.2 Å². The molecule has 1 rings (SSSR count). The van der Waals surface area contributed by atoms with Gasteiger partial charge < -0.3 is 15.3 Å². The Morgan fingerprint density at radius 1 is 1.13 bits per heavy atom. The van der Waals surface area contributed by atoms with E-state index in [0.717, 1.165) is 5.56 Å². The molecule has 1 aromatic carbocycles. The summed E-state index contributed by atoms with van der Waals surface area (Å²) >= 11 is 0. The average Bonchev–Trinajstić information content (AvgIpc) is 2.25. The normalized spacial score (nSPS) is 10.3. The highest BCUT2D eigenvalue weighted by Crippen LogP contribution is 2.13. The van der Waals surface area contributed by atoms with Crippen molar-refractivity contribution in [1.29, 1.82) is 0 Å². The molecular weight excluding hydrogens is 196 g/mol. The molecule has 0 radical (unpaired) electrons. The van der Waals surface area contributed by atoms with Gasteiger partial charge in [0.15, 0.2) is 0 Å². The van der Waals surface area contributed by atoms with Gasteiger partial charge in [-0.05, 0) is 23.1 Å². The van der Waals surface area contributed by atoms with Crippen LogP contribution in [0, 0.1) is 0 Å². The predicted molar refractivity (Wildman–Crippen MR) is 54.2 cm³/mol. The molecule has 0 atom stereocenters. The van der Waals surface area contributed by atoms with E-state index in [1.54, 1.807) is 18.2 Å². The molecule has 0 spiro atoms. The van der Waals surface area contributed by atoms with Crippen LogP contribution in [0.3, 0.4) is 0 Å². The van der Waals surface area contributed by atoms with Crippen molar-refractivity contribution >= 4 is 5.97 Å². The third-order valence-corrected chi connectivity index (χ3v) is 2.24. The Kier molecular flexibility index (Phi) is 4.27. The highest BCUT2D eigenvalue weighted by Gasteiger charge is 2.04. The lowest BCUT2D eigenvalue weighted by molar-refractivity contribution is -0.136. The lowest BCUT2D eigenvalue weighted by atomic mass is 10.0. The standard InChI is InChI=1S/C11H14O4/c12-6-9-3-1-8(2-4-11(14)15)5-10(9)7-13/h1,3,5,12-13H,2,4,6-7H2,(H,14,15). The first-order valence-corrected chi connectivity index (χ1v) is 4.71. The summed E-state index contributed by atoms with van der Waals surface area (Å²) in [5.74, 6) is -0.841. The Balaban J connectivity index is 2.78. The molecule has 15 heavy (non-hydrogen) atoms. The molecule has 0 saturated heterocycles. The van der Waals surface area contributed by atoms with E-state index in [-0.39, 0.29) is 19.6 Å². The Morgan fingerprint density at radius 2 is 1.80 bits per heavy atom. The molecule has 1 aromatic rings. The highest BCUT2D eigenvalue weighted by atomic mass is 16.4. The van der Waals surface area contributed by atoms with Crippen LogP contribution in [0.5, 0.6) is 0 Å². The van der Waals surface area contributed by atoms with Crippen LogP contribution < -0.4 is 0 Å². The van der Waals surface area contributed by atoms with Crippen LogP contribution in [-0.4, -0.2) is 21.3 Å². The van der Waals surface area contributed by atoms with Gasteiger partial charge in [-0.15, -0.1) is 0 Å². The van der Waals surface area contributed by atoms with Gasteiger partial charge in [-0.3, -0.25) is 4.79 Å². The molecule has 0 aliphatic heterocycles. The second-order valence-corrected chi connectivity index (χ2v) is 3.31. The average molecular weight is 210 g/mol. The van der Waals surface area contributed by atoms with Crippen LogP contribution in [0.15, 0.2) is 18.2 Å². The van der Waals surface area contributed by atoms with Gasteiger partial charge in [0.25, 0.3) is 0 Å². The molecule has 0 saturated carbocycles. The lowest BCUT2D eigenvalue weighted by Gasteiger charge is -2.07. The molecule has 0 amide bonds. The summed E-state index contributed by atoms with van der Waals surface area (Å²) in [4.78, 5) is 10.4. The number of aliphatic carboxylic acids is 1. The van der Waals surface area contributed by atoms with Crippen molar-refractivity contribution in [2.45, 2.75) is 26.1 Å². The summed E-state index contributed by atoms with van der Waals surface area (Å²) < 4.78 is 0. The summed E-state index contributed by atoms with van der Waals surface area (Å²) in [6.45, 7) is -0.258. The van der Waals surface area contributed by atoms with E-state index in [4.69, 9.17) is 15.3 Å². The number of benzene rings is 1.